The van der Waals surface area contributed by atoms with Gasteiger partial charge in [-0.3, -0.25) is 0 Å². The standard InChI is InChI=1S/C30H54O2/c1-20(10-9-16-26(2,3)32)21-13-18-29(7)22(21)11-12-24-28(6)17-15-25(31)27(4,5)23(28)14-19-30(24,29)8/h20-25,31-32H,9-19H2,1-8H3/t20-,21-,22-,23+,24+,25+,28+,29-,30-/m1/s1. The van der Waals surface area contributed by atoms with Crippen LogP contribution < -0.4 is 0 Å². The highest BCUT2D eigenvalue weighted by Gasteiger charge is 2.68. The third-order valence-corrected chi connectivity index (χ3v) is 12.6. The van der Waals surface area contributed by atoms with Gasteiger partial charge in [0.15, 0.2) is 0 Å². The second-order valence-corrected chi connectivity index (χ2v) is 14.9. The maximum atomic E-state index is 10.9. The minimum absolute atomic E-state index is 0.0549. The molecule has 0 radical (unpaired) electrons. The van der Waals surface area contributed by atoms with Crippen LogP contribution >= 0.6 is 0 Å². The number of aliphatic hydroxyl groups is 2. The average molecular weight is 447 g/mol. The molecule has 32 heavy (non-hydrogen) atoms. The van der Waals surface area contributed by atoms with Gasteiger partial charge in [-0.25, -0.2) is 0 Å². The van der Waals surface area contributed by atoms with Crippen molar-refractivity contribution in [1.29, 1.82) is 0 Å². The number of rotatable bonds is 5. The van der Waals surface area contributed by atoms with Crippen LogP contribution in [0.4, 0.5) is 0 Å². The first-order valence-electron chi connectivity index (χ1n) is 14.1. The van der Waals surface area contributed by atoms with Crippen molar-refractivity contribution in [3.05, 3.63) is 0 Å². The lowest BCUT2D eigenvalue weighted by molar-refractivity contribution is -0.222. The van der Waals surface area contributed by atoms with E-state index in [4.69, 9.17) is 0 Å². The molecule has 2 heteroatoms. The Balaban J connectivity index is 1.54. The quantitative estimate of drug-likeness (QED) is 0.456. The van der Waals surface area contributed by atoms with Crippen molar-refractivity contribution in [3.8, 4) is 0 Å². The third kappa shape index (κ3) is 3.64. The van der Waals surface area contributed by atoms with E-state index in [-0.39, 0.29) is 11.5 Å². The Bertz CT molecular complexity index is 691. The van der Waals surface area contributed by atoms with Crippen molar-refractivity contribution < 1.29 is 10.2 Å². The zero-order valence-corrected chi connectivity index (χ0v) is 22.6. The van der Waals surface area contributed by atoms with Crippen molar-refractivity contribution in [2.45, 2.75) is 138 Å². The Morgan fingerprint density at radius 2 is 1.50 bits per heavy atom. The molecule has 186 valence electrons. The van der Waals surface area contributed by atoms with Gasteiger partial charge in [0.05, 0.1) is 11.7 Å². The summed E-state index contributed by atoms with van der Waals surface area (Å²) in [6, 6.07) is 0. The van der Waals surface area contributed by atoms with Gasteiger partial charge < -0.3 is 10.2 Å². The molecule has 0 aromatic rings. The van der Waals surface area contributed by atoms with E-state index in [2.05, 4.69) is 41.5 Å². The zero-order chi connectivity index (χ0) is 23.7. The van der Waals surface area contributed by atoms with Crippen LogP contribution in [-0.4, -0.2) is 21.9 Å². The summed E-state index contributed by atoms with van der Waals surface area (Å²) in [6.45, 7) is 19.2. The molecule has 4 fully saturated rings. The van der Waals surface area contributed by atoms with Gasteiger partial charge in [0.2, 0.25) is 0 Å². The van der Waals surface area contributed by atoms with Gasteiger partial charge in [0.25, 0.3) is 0 Å². The highest BCUT2D eigenvalue weighted by atomic mass is 16.3. The van der Waals surface area contributed by atoms with E-state index in [0.717, 1.165) is 42.9 Å². The summed E-state index contributed by atoms with van der Waals surface area (Å²) in [5.74, 6) is 4.00. The molecule has 0 spiro atoms. The van der Waals surface area contributed by atoms with Crippen LogP contribution in [0, 0.1) is 51.2 Å². The molecule has 4 aliphatic rings. The molecule has 4 saturated carbocycles. The van der Waals surface area contributed by atoms with Crippen LogP contribution in [0.2, 0.25) is 0 Å². The van der Waals surface area contributed by atoms with E-state index < -0.39 is 5.60 Å². The smallest absolute Gasteiger partial charge is 0.0594 e. The molecule has 2 N–H and O–H groups in total. The Hall–Kier alpha value is -0.0800. The highest BCUT2D eigenvalue weighted by Crippen LogP contribution is 2.75. The molecule has 0 aliphatic heterocycles. The summed E-state index contributed by atoms with van der Waals surface area (Å²) < 4.78 is 0. The summed E-state index contributed by atoms with van der Waals surface area (Å²) in [4.78, 5) is 0. The SMILES string of the molecule is C[C@H](CCCC(C)(C)O)[C@H]1CC[C@]2(C)[C@@H]1CC[C@H]1[C@@]3(C)CC[C@H](O)C(C)(C)[C@@H]3CC[C@]12C. The molecule has 0 amide bonds. The zero-order valence-electron chi connectivity index (χ0n) is 22.6. The van der Waals surface area contributed by atoms with Gasteiger partial charge in [0.1, 0.15) is 0 Å². The van der Waals surface area contributed by atoms with Gasteiger partial charge >= 0.3 is 0 Å². The van der Waals surface area contributed by atoms with E-state index in [9.17, 15) is 10.2 Å². The predicted octanol–water partition coefficient (Wildman–Crippen LogP) is 7.61. The minimum atomic E-state index is -0.523. The van der Waals surface area contributed by atoms with E-state index in [0.29, 0.717) is 22.2 Å². The average Bonchev–Trinajstić information content (AvgIpc) is 3.03. The first-order chi connectivity index (χ1) is 14.7. The number of hydrogen-bond acceptors (Lipinski definition) is 2. The van der Waals surface area contributed by atoms with Crippen LogP contribution in [0.1, 0.15) is 126 Å². The lowest BCUT2D eigenvalue weighted by Gasteiger charge is -2.70. The van der Waals surface area contributed by atoms with Crippen molar-refractivity contribution in [2.75, 3.05) is 0 Å². The molecule has 0 saturated heterocycles. The molecular weight excluding hydrogens is 392 g/mol. The Kier molecular flexibility index (Phi) is 6.24. The summed E-state index contributed by atoms with van der Waals surface area (Å²) in [6.07, 6.45) is 13.8. The van der Waals surface area contributed by atoms with Crippen LogP contribution in [0.3, 0.4) is 0 Å². The summed E-state index contributed by atoms with van der Waals surface area (Å²) in [7, 11) is 0. The van der Waals surface area contributed by atoms with E-state index >= 15 is 0 Å². The van der Waals surface area contributed by atoms with Crippen LogP contribution in [0.5, 0.6) is 0 Å². The molecule has 4 rings (SSSR count). The molecule has 0 aromatic carbocycles. The predicted molar refractivity (Wildman–Crippen MR) is 134 cm³/mol. The Morgan fingerprint density at radius 1 is 0.844 bits per heavy atom. The lowest BCUT2D eigenvalue weighted by atomic mass is 9.35. The van der Waals surface area contributed by atoms with Crippen molar-refractivity contribution in [3.63, 3.8) is 0 Å². The van der Waals surface area contributed by atoms with E-state index in [1.807, 2.05) is 13.8 Å². The second kappa shape index (κ2) is 7.97. The number of hydrogen-bond donors (Lipinski definition) is 2. The fraction of sp³-hybridized carbons (Fsp3) is 1.00. The van der Waals surface area contributed by atoms with Crippen molar-refractivity contribution in [1.82, 2.24) is 0 Å². The normalized spacial score (nSPS) is 49.1. The van der Waals surface area contributed by atoms with Crippen LogP contribution in [0.15, 0.2) is 0 Å². The summed E-state index contributed by atoms with van der Waals surface area (Å²) in [5.41, 5.74) is 0.838. The maximum Gasteiger partial charge on any atom is 0.0594 e. The van der Waals surface area contributed by atoms with Crippen molar-refractivity contribution >= 4 is 0 Å². The number of fused-ring (bicyclic) bond motifs is 5. The topological polar surface area (TPSA) is 40.5 Å². The van der Waals surface area contributed by atoms with Gasteiger partial charge in [-0.05, 0) is 123 Å². The largest absolute Gasteiger partial charge is 0.393 e. The Labute approximate surface area is 199 Å². The summed E-state index contributed by atoms with van der Waals surface area (Å²) in [5, 5.41) is 21.0. The van der Waals surface area contributed by atoms with E-state index in [1.165, 1.54) is 51.4 Å². The monoisotopic (exact) mass is 446 g/mol. The fourth-order valence-corrected chi connectivity index (χ4v) is 10.5. The molecule has 9 atom stereocenters. The third-order valence-electron chi connectivity index (χ3n) is 12.6. The van der Waals surface area contributed by atoms with Crippen molar-refractivity contribution in [2.24, 2.45) is 51.2 Å². The first-order valence-corrected chi connectivity index (χ1v) is 14.1. The van der Waals surface area contributed by atoms with Crippen LogP contribution in [-0.2, 0) is 0 Å². The minimum Gasteiger partial charge on any atom is -0.393 e. The maximum absolute atomic E-state index is 10.9. The van der Waals surface area contributed by atoms with Gasteiger partial charge in [-0.1, -0.05) is 54.4 Å². The Morgan fingerprint density at radius 3 is 2.16 bits per heavy atom. The molecule has 0 bridgehead atoms. The molecule has 0 unspecified atom stereocenters. The van der Waals surface area contributed by atoms with Gasteiger partial charge in [0, 0.05) is 0 Å². The first kappa shape index (κ1) is 25.0. The molecular formula is C30H54O2. The summed E-state index contributed by atoms with van der Waals surface area (Å²) >= 11 is 0. The molecule has 0 heterocycles. The van der Waals surface area contributed by atoms with Gasteiger partial charge in [-0.15, -0.1) is 0 Å². The lowest BCUT2D eigenvalue weighted by Crippen LogP contribution is -2.63. The van der Waals surface area contributed by atoms with Gasteiger partial charge in [-0.2, -0.15) is 0 Å². The van der Waals surface area contributed by atoms with E-state index in [1.54, 1.807) is 0 Å². The number of aliphatic hydroxyl groups excluding tert-OH is 1. The molecule has 2 nitrogen and oxygen atoms in total. The highest BCUT2D eigenvalue weighted by molar-refractivity contribution is 5.17. The molecule has 0 aromatic heterocycles. The fourth-order valence-electron chi connectivity index (χ4n) is 10.5. The molecule has 4 aliphatic carbocycles. The van der Waals surface area contributed by atoms with Crippen LogP contribution in [0.25, 0.3) is 0 Å². The second-order valence-electron chi connectivity index (χ2n) is 14.9.